The van der Waals surface area contributed by atoms with Crippen molar-refractivity contribution >= 4 is 11.8 Å². The van der Waals surface area contributed by atoms with Gasteiger partial charge in [-0.3, -0.25) is 14.5 Å². The SMILES string of the molecule is CC(=O)NCC(=O)N1CC[C@@](O)(CN2CCC(F)(F)CC2)C1. The van der Waals surface area contributed by atoms with E-state index in [1.54, 1.807) is 0 Å². The highest BCUT2D eigenvalue weighted by atomic mass is 19.3. The molecule has 22 heavy (non-hydrogen) atoms. The first-order chi connectivity index (χ1) is 10.2. The Bertz CT molecular complexity index is 437. The van der Waals surface area contributed by atoms with Gasteiger partial charge in [-0.05, 0) is 6.42 Å². The van der Waals surface area contributed by atoms with Crippen molar-refractivity contribution in [3.05, 3.63) is 0 Å². The summed E-state index contributed by atoms with van der Waals surface area (Å²) in [5.41, 5.74) is -1.06. The van der Waals surface area contributed by atoms with Crippen LogP contribution in [0.5, 0.6) is 0 Å². The summed E-state index contributed by atoms with van der Waals surface area (Å²) in [6, 6.07) is 0. The summed E-state index contributed by atoms with van der Waals surface area (Å²) in [7, 11) is 0. The molecule has 0 aromatic rings. The van der Waals surface area contributed by atoms with Gasteiger partial charge in [-0.25, -0.2) is 8.78 Å². The average Bonchev–Trinajstić information content (AvgIpc) is 2.81. The molecule has 0 aromatic heterocycles. The number of amides is 2. The van der Waals surface area contributed by atoms with Gasteiger partial charge in [0.15, 0.2) is 0 Å². The number of nitrogens with one attached hydrogen (secondary N) is 1. The Hall–Kier alpha value is -1.28. The van der Waals surface area contributed by atoms with Gasteiger partial charge in [0.05, 0.1) is 18.7 Å². The molecule has 8 heteroatoms. The van der Waals surface area contributed by atoms with Crippen LogP contribution in [0.1, 0.15) is 26.2 Å². The fourth-order valence-electron chi connectivity index (χ4n) is 2.96. The van der Waals surface area contributed by atoms with E-state index in [-0.39, 0.29) is 50.8 Å². The van der Waals surface area contributed by atoms with E-state index in [0.717, 1.165) is 0 Å². The zero-order valence-electron chi connectivity index (χ0n) is 12.8. The number of β-amino-alcohol motifs (C(OH)–C–C–N with tert-alkyl or cyclic N) is 1. The number of nitrogens with zero attached hydrogens (tertiary/aromatic N) is 2. The number of rotatable bonds is 4. The van der Waals surface area contributed by atoms with Gasteiger partial charge < -0.3 is 15.3 Å². The van der Waals surface area contributed by atoms with Crippen molar-refractivity contribution in [1.82, 2.24) is 15.1 Å². The van der Waals surface area contributed by atoms with Gasteiger partial charge in [-0.2, -0.15) is 0 Å². The number of aliphatic hydroxyl groups is 1. The molecular formula is C14H23F2N3O3. The van der Waals surface area contributed by atoms with Gasteiger partial charge in [0, 0.05) is 45.9 Å². The van der Waals surface area contributed by atoms with Crippen LogP contribution in [-0.4, -0.2) is 77.5 Å². The first-order valence-corrected chi connectivity index (χ1v) is 7.54. The van der Waals surface area contributed by atoms with Crippen LogP contribution < -0.4 is 5.32 Å². The molecule has 0 aromatic carbocycles. The molecule has 1 atom stereocenters. The Labute approximate surface area is 128 Å². The van der Waals surface area contributed by atoms with Crippen molar-refractivity contribution in [3.63, 3.8) is 0 Å². The maximum absolute atomic E-state index is 13.1. The summed E-state index contributed by atoms with van der Waals surface area (Å²) in [6.07, 6.45) is 0.0498. The largest absolute Gasteiger partial charge is 0.387 e. The maximum Gasteiger partial charge on any atom is 0.250 e. The lowest BCUT2D eigenvalue weighted by molar-refractivity contribution is -0.132. The quantitative estimate of drug-likeness (QED) is 0.754. The zero-order chi connectivity index (χ0) is 16.4. The third-order valence-corrected chi connectivity index (χ3v) is 4.28. The normalized spacial score (nSPS) is 28.6. The lowest BCUT2D eigenvalue weighted by Crippen LogP contribution is -2.50. The molecular weight excluding hydrogens is 296 g/mol. The molecule has 0 unspecified atom stereocenters. The summed E-state index contributed by atoms with van der Waals surface area (Å²) >= 11 is 0. The summed E-state index contributed by atoms with van der Waals surface area (Å²) in [5, 5.41) is 13.0. The molecule has 2 saturated heterocycles. The third-order valence-electron chi connectivity index (χ3n) is 4.28. The van der Waals surface area contributed by atoms with E-state index in [0.29, 0.717) is 19.5 Å². The Morgan fingerprint density at radius 3 is 2.41 bits per heavy atom. The number of halogens is 2. The first kappa shape index (κ1) is 17.1. The number of carbonyl (C=O) groups is 2. The molecule has 0 spiro atoms. The smallest absolute Gasteiger partial charge is 0.250 e. The minimum Gasteiger partial charge on any atom is -0.387 e. The lowest BCUT2D eigenvalue weighted by atomic mass is 10.00. The molecule has 2 fully saturated rings. The monoisotopic (exact) mass is 319 g/mol. The molecule has 2 heterocycles. The number of piperidine rings is 1. The van der Waals surface area contributed by atoms with Gasteiger partial charge in [0.1, 0.15) is 0 Å². The van der Waals surface area contributed by atoms with E-state index in [2.05, 4.69) is 5.32 Å². The molecule has 2 N–H and O–H groups in total. The molecule has 2 rings (SSSR count). The van der Waals surface area contributed by atoms with Crippen molar-refractivity contribution in [3.8, 4) is 0 Å². The number of hydrogen-bond acceptors (Lipinski definition) is 4. The van der Waals surface area contributed by atoms with E-state index in [4.69, 9.17) is 0 Å². The summed E-state index contributed by atoms with van der Waals surface area (Å²) in [4.78, 5) is 26.0. The van der Waals surface area contributed by atoms with Crippen molar-refractivity contribution in [2.24, 2.45) is 0 Å². The van der Waals surface area contributed by atoms with Crippen LogP contribution in [0.3, 0.4) is 0 Å². The van der Waals surface area contributed by atoms with Crippen LogP contribution in [0.25, 0.3) is 0 Å². The van der Waals surface area contributed by atoms with E-state index < -0.39 is 11.5 Å². The number of carbonyl (C=O) groups excluding carboxylic acids is 2. The van der Waals surface area contributed by atoms with Gasteiger partial charge in [-0.15, -0.1) is 0 Å². The minimum atomic E-state index is -2.60. The highest BCUT2D eigenvalue weighted by Gasteiger charge is 2.41. The van der Waals surface area contributed by atoms with Crippen LogP contribution in [0.2, 0.25) is 0 Å². The first-order valence-electron chi connectivity index (χ1n) is 7.54. The van der Waals surface area contributed by atoms with Crippen LogP contribution in [0.4, 0.5) is 8.78 Å². The molecule has 126 valence electrons. The van der Waals surface area contributed by atoms with Crippen molar-refractivity contribution in [1.29, 1.82) is 0 Å². The van der Waals surface area contributed by atoms with Crippen LogP contribution in [0, 0.1) is 0 Å². The average molecular weight is 319 g/mol. The standard InChI is InChI=1S/C14H23F2N3O3/c1-11(20)17-8-12(21)19-7-2-13(22,10-19)9-18-5-3-14(15,16)4-6-18/h22H,2-10H2,1H3,(H,17,20)/t13-/m1/s1. The maximum atomic E-state index is 13.1. The predicted octanol–water partition coefficient (Wildman–Crippen LogP) is -0.183. The van der Waals surface area contributed by atoms with E-state index in [9.17, 15) is 23.5 Å². The summed E-state index contributed by atoms with van der Waals surface area (Å²) in [6.45, 7) is 2.66. The minimum absolute atomic E-state index is 0.0820. The van der Waals surface area contributed by atoms with Crippen molar-refractivity contribution in [2.75, 3.05) is 39.3 Å². The Kier molecular flexibility index (Phi) is 5.01. The van der Waals surface area contributed by atoms with Crippen LogP contribution in [0.15, 0.2) is 0 Å². The summed E-state index contributed by atoms with van der Waals surface area (Å²) < 4.78 is 26.3. The van der Waals surface area contributed by atoms with Gasteiger partial charge >= 0.3 is 0 Å². The fourth-order valence-corrected chi connectivity index (χ4v) is 2.96. The molecule has 0 radical (unpaired) electrons. The van der Waals surface area contributed by atoms with E-state index >= 15 is 0 Å². The Morgan fingerprint density at radius 1 is 1.18 bits per heavy atom. The molecule has 2 aliphatic rings. The Balaban J connectivity index is 1.80. The van der Waals surface area contributed by atoms with Crippen LogP contribution >= 0.6 is 0 Å². The predicted molar refractivity (Wildman–Crippen MR) is 75.5 cm³/mol. The second-order valence-electron chi connectivity index (χ2n) is 6.33. The fraction of sp³-hybridized carbons (Fsp3) is 0.857. The topological polar surface area (TPSA) is 72.9 Å². The Morgan fingerprint density at radius 2 is 1.82 bits per heavy atom. The number of hydrogen-bond donors (Lipinski definition) is 2. The van der Waals surface area contributed by atoms with Gasteiger partial charge in [0.25, 0.3) is 5.92 Å². The summed E-state index contributed by atoms with van der Waals surface area (Å²) in [5.74, 6) is -3.12. The molecule has 0 aliphatic carbocycles. The molecule has 6 nitrogen and oxygen atoms in total. The molecule has 0 bridgehead atoms. The van der Waals surface area contributed by atoms with Gasteiger partial charge in [0.2, 0.25) is 11.8 Å². The van der Waals surface area contributed by atoms with E-state index in [1.165, 1.54) is 11.8 Å². The molecule has 0 saturated carbocycles. The third kappa shape index (κ3) is 4.61. The molecule has 2 aliphatic heterocycles. The van der Waals surface area contributed by atoms with E-state index in [1.807, 2.05) is 4.90 Å². The zero-order valence-corrected chi connectivity index (χ0v) is 12.8. The highest BCUT2D eigenvalue weighted by molar-refractivity contribution is 5.83. The number of alkyl halides is 2. The number of likely N-dealkylation sites (tertiary alicyclic amines) is 2. The van der Waals surface area contributed by atoms with Crippen LogP contribution in [-0.2, 0) is 9.59 Å². The second-order valence-corrected chi connectivity index (χ2v) is 6.33. The van der Waals surface area contributed by atoms with Crippen molar-refractivity contribution in [2.45, 2.75) is 37.7 Å². The highest BCUT2D eigenvalue weighted by Crippen LogP contribution is 2.30. The second kappa shape index (κ2) is 6.45. The van der Waals surface area contributed by atoms with Crippen molar-refractivity contribution < 1.29 is 23.5 Å². The lowest BCUT2D eigenvalue weighted by Gasteiger charge is -2.36. The van der Waals surface area contributed by atoms with Gasteiger partial charge in [-0.1, -0.05) is 0 Å². The molecule has 2 amide bonds.